The van der Waals surface area contributed by atoms with Gasteiger partial charge in [0, 0.05) is 24.2 Å². The second-order valence-corrected chi connectivity index (χ2v) is 15.6. The Balaban J connectivity index is 1.21. The van der Waals surface area contributed by atoms with Crippen molar-refractivity contribution in [2.45, 2.75) is 51.4 Å². The van der Waals surface area contributed by atoms with Crippen LogP contribution >= 0.6 is 11.6 Å². The van der Waals surface area contributed by atoms with Gasteiger partial charge in [-0.3, -0.25) is 0 Å². The van der Waals surface area contributed by atoms with Crippen LogP contribution in [0.15, 0.2) is 152 Å². The second kappa shape index (κ2) is 15.6. The predicted octanol–water partition coefficient (Wildman–Crippen LogP) is 8.74. The third-order valence-electron chi connectivity index (χ3n) is 8.59. The average Bonchev–Trinajstić information content (AvgIpc) is 3.60. The van der Waals surface area contributed by atoms with Crippen LogP contribution < -0.4 is 4.72 Å². The van der Waals surface area contributed by atoms with Crippen molar-refractivity contribution in [3.63, 3.8) is 0 Å². The predicted molar refractivity (Wildman–Crippen MR) is 205 cm³/mol. The van der Waals surface area contributed by atoms with E-state index in [2.05, 4.69) is 88.3 Å². The summed E-state index contributed by atoms with van der Waals surface area (Å²) < 4.78 is 37.8. The number of nitrogens with zero attached hydrogens (tertiary/aromatic N) is 3. The van der Waals surface area contributed by atoms with E-state index in [1.807, 2.05) is 48.8 Å². The summed E-state index contributed by atoms with van der Waals surface area (Å²) in [4.78, 5) is 17.9. The number of imidazole rings is 1. The van der Waals surface area contributed by atoms with Crippen molar-refractivity contribution in [2.75, 3.05) is 0 Å². The van der Waals surface area contributed by atoms with Gasteiger partial charge in [0.05, 0.1) is 18.6 Å². The standard InChI is InChI=1S/C42H41ClN4O4S/c1-41(2,3)51-40(48)47(29-34-23-25-38(43)26-24-34)52(49,50)45-28-33-21-19-32(20-22-33)27-39-30-46(31-44-39)42(35-13-7-4-8-14-35,36-15-9-5-10-16-36)37-17-11-6-12-18-37/h4-26,30-31,45H,27-29H2,1-3H3. The molecule has 0 radical (unpaired) electrons. The number of carbonyl (C=O) groups excluding carboxylic acids is 1. The summed E-state index contributed by atoms with van der Waals surface area (Å²) in [5, 5.41) is 0.505. The zero-order chi connectivity index (χ0) is 36.8. The van der Waals surface area contributed by atoms with Gasteiger partial charge >= 0.3 is 16.3 Å². The Hall–Kier alpha value is -5.22. The zero-order valence-corrected chi connectivity index (χ0v) is 30.9. The van der Waals surface area contributed by atoms with Crippen LogP contribution in [-0.4, -0.2) is 34.0 Å². The van der Waals surface area contributed by atoms with Crippen LogP contribution in [0.2, 0.25) is 5.02 Å². The molecule has 0 aliphatic carbocycles. The molecule has 0 saturated carbocycles. The molecule has 0 saturated heterocycles. The minimum Gasteiger partial charge on any atom is -0.443 e. The van der Waals surface area contributed by atoms with E-state index in [4.69, 9.17) is 21.3 Å². The molecule has 6 aromatic rings. The maximum absolute atomic E-state index is 13.5. The molecule has 0 aliphatic heterocycles. The number of rotatable bonds is 12. The monoisotopic (exact) mass is 732 g/mol. The fourth-order valence-electron chi connectivity index (χ4n) is 6.18. The first-order valence-electron chi connectivity index (χ1n) is 17.0. The molecule has 1 N–H and O–H groups in total. The Kier molecular flexibility index (Phi) is 11.0. The zero-order valence-electron chi connectivity index (χ0n) is 29.3. The van der Waals surface area contributed by atoms with Gasteiger partial charge in [0.1, 0.15) is 11.1 Å². The van der Waals surface area contributed by atoms with Crippen molar-refractivity contribution in [3.05, 3.63) is 196 Å². The molecule has 0 unspecified atom stereocenters. The average molecular weight is 733 g/mol. The summed E-state index contributed by atoms with van der Waals surface area (Å²) in [5.74, 6) is 0. The third kappa shape index (κ3) is 8.45. The van der Waals surface area contributed by atoms with Gasteiger partial charge in [-0.15, -0.1) is 0 Å². The summed E-state index contributed by atoms with van der Waals surface area (Å²) >= 11 is 6.01. The van der Waals surface area contributed by atoms with Crippen molar-refractivity contribution in [1.29, 1.82) is 0 Å². The van der Waals surface area contributed by atoms with Gasteiger partial charge in [0.15, 0.2) is 0 Å². The summed E-state index contributed by atoms with van der Waals surface area (Å²) in [6.45, 7) is 4.81. The summed E-state index contributed by atoms with van der Waals surface area (Å²) in [5.41, 5.74) is 5.00. The molecule has 1 amide bonds. The Morgan fingerprint density at radius 3 is 1.71 bits per heavy atom. The van der Waals surface area contributed by atoms with Gasteiger partial charge in [-0.1, -0.05) is 139 Å². The van der Waals surface area contributed by atoms with Gasteiger partial charge in [0.25, 0.3) is 0 Å². The van der Waals surface area contributed by atoms with E-state index in [-0.39, 0.29) is 13.1 Å². The van der Waals surface area contributed by atoms with E-state index in [0.29, 0.717) is 21.3 Å². The highest BCUT2D eigenvalue weighted by atomic mass is 35.5. The molecule has 0 bridgehead atoms. The maximum Gasteiger partial charge on any atom is 0.425 e. The molecule has 5 aromatic carbocycles. The molecule has 1 aromatic heterocycles. The molecule has 1 heterocycles. The van der Waals surface area contributed by atoms with Gasteiger partial charge in [0.2, 0.25) is 0 Å². The van der Waals surface area contributed by atoms with E-state index in [9.17, 15) is 13.2 Å². The third-order valence-corrected chi connectivity index (χ3v) is 10.2. The Bertz CT molecular complexity index is 2090. The fraction of sp³-hybridized carbons (Fsp3) is 0.190. The highest BCUT2D eigenvalue weighted by Gasteiger charge is 2.38. The van der Waals surface area contributed by atoms with E-state index in [0.717, 1.165) is 33.5 Å². The molecule has 10 heteroatoms. The Morgan fingerprint density at radius 1 is 0.731 bits per heavy atom. The molecule has 6 rings (SSSR count). The lowest BCUT2D eigenvalue weighted by Gasteiger charge is -2.37. The van der Waals surface area contributed by atoms with E-state index >= 15 is 0 Å². The summed E-state index contributed by atoms with van der Waals surface area (Å²) in [6.07, 6.45) is 3.59. The minimum atomic E-state index is -4.28. The lowest BCUT2D eigenvalue weighted by atomic mass is 9.77. The first-order chi connectivity index (χ1) is 24.9. The van der Waals surface area contributed by atoms with Gasteiger partial charge in [-0.05, 0) is 66.3 Å². The minimum absolute atomic E-state index is 0.0229. The highest BCUT2D eigenvalue weighted by molar-refractivity contribution is 7.87. The number of halogens is 1. The van der Waals surface area contributed by atoms with Gasteiger partial charge in [-0.2, -0.15) is 17.4 Å². The molecule has 0 spiro atoms. The number of aromatic nitrogens is 2. The van der Waals surface area contributed by atoms with E-state index < -0.39 is 27.4 Å². The highest BCUT2D eigenvalue weighted by Crippen LogP contribution is 2.40. The number of nitrogens with one attached hydrogen (secondary N) is 1. The molecule has 0 fully saturated rings. The number of ether oxygens (including phenoxy) is 1. The van der Waals surface area contributed by atoms with Gasteiger partial charge < -0.3 is 9.30 Å². The van der Waals surface area contributed by atoms with Crippen LogP contribution in [0.3, 0.4) is 0 Å². The lowest BCUT2D eigenvalue weighted by Crippen LogP contribution is -2.45. The number of hydrogen-bond acceptors (Lipinski definition) is 5. The van der Waals surface area contributed by atoms with Crippen molar-refractivity contribution < 1.29 is 17.9 Å². The largest absolute Gasteiger partial charge is 0.443 e. The van der Waals surface area contributed by atoms with Crippen molar-refractivity contribution >= 4 is 27.9 Å². The molecule has 266 valence electrons. The van der Waals surface area contributed by atoms with Gasteiger partial charge in [-0.25, -0.2) is 9.78 Å². The summed E-state index contributed by atoms with van der Waals surface area (Å²) in [6, 6.07) is 45.6. The van der Waals surface area contributed by atoms with Crippen molar-refractivity contribution in [2.24, 2.45) is 0 Å². The van der Waals surface area contributed by atoms with Crippen LogP contribution in [0.4, 0.5) is 4.79 Å². The maximum atomic E-state index is 13.5. The SMILES string of the molecule is CC(C)(C)OC(=O)N(Cc1ccc(Cl)cc1)S(=O)(=O)NCc1ccc(Cc2cn(C(c3ccccc3)(c3ccccc3)c3ccccc3)cn2)cc1. The number of benzene rings is 5. The molecule has 8 nitrogen and oxygen atoms in total. The summed E-state index contributed by atoms with van der Waals surface area (Å²) in [7, 11) is -4.28. The molecular formula is C42H41ClN4O4S. The molecule has 0 atom stereocenters. The Labute approximate surface area is 310 Å². The molecule has 52 heavy (non-hydrogen) atoms. The van der Waals surface area contributed by atoms with E-state index in [1.54, 1.807) is 45.0 Å². The van der Waals surface area contributed by atoms with Crippen LogP contribution in [0.25, 0.3) is 0 Å². The van der Waals surface area contributed by atoms with Crippen LogP contribution in [0.5, 0.6) is 0 Å². The van der Waals surface area contributed by atoms with Crippen LogP contribution in [0.1, 0.15) is 59.8 Å². The van der Waals surface area contributed by atoms with Crippen molar-refractivity contribution in [3.8, 4) is 0 Å². The van der Waals surface area contributed by atoms with Crippen LogP contribution in [0, 0.1) is 0 Å². The van der Waals surface area contributed by atoms with Crippen molar-refractivity contribution in [1.82, 2.24) is 18.6 Å². The lowest BCUT2D eigenvalue weighted by molar-refractivity contribution is 0.0379. The first kappa shape index (κ1) is 36.6. The smallest absolute Gasteiger partial charge is 0.425 e. The normalized spacial score (nSPS) is 12.0. The van der Waals surface area contributed by atoms with Crippen LogP contribution in [-0.2, 0) is 40.0 Å². The molecular weight excluding hydrogens is 692 g/mol. The number of hydrogen-bond donors (Lipinski definition) is 1. The Morgan fingerprint density at radius 2 is 1.21 bits per heavy atom. The number of carbonyl (C=O) groups is 1. The fourth-order valence-corrected chi connectivity index (χ4v) is 7.36. The first-order valence-corrected chi connectivity index (χ1v) is 18.8. The quantitative estimate of drug-likeness (QED) is 0.127. The topological polar surface area (TPSA) is 93.5 Å². The van der Waals surface area contributed by atoms with E-state index in [1.165, 1.54) is 0 Å². The number of amides is 1. The molecule has 0 aliphatic rings. The second-order valence-electron chi connectivity index (χ2n) is 13.5.